The van der Waals surface area contributed by atoms with Crippen molar-refractivity contribution in [2.45, 2.75) is 33.2 Å². The van der Waals surface area contributed by atoms with Crippen LogP contribution in [0, 0.1) is 0 Å². The largest absolute Gasteiger partial charge is 0.362 e. The van der Waals surface area contributed by atoms with Crippen molar-refractivity contribution in [2.24, 2.45) is 0 Å². The van der Waals surface area contributed by atoms with Crippen molar-refractivity contribution in [3.05, 3.63) is 30.3 Å². The van der Waals surface area contributed by atoms with Crippen molar-refractivity contribution in [1.29, 1.82) is 0 Å². The first kappa shape index (κ1) is 14.6. The van der Waals surface area contributed by atoms with E-state index < -0.39 is 0 Å². The summed E-state index contributed by atoms with van der Waals surface area (Å²) in [6.07, 6.45) is 0.986. The van der Waals surface area contributed by atoms with Crippen LogP contribution in [0.4, 0.5) is 5.69 Å². The van der Waals surface area contributed by atoms with Gasteiger partial charge < -0.3 is 9.80 Å². The van der Waals surface area contributed by atoms with Crippen molar-refractivity contribution in [3.63, 3.8) is 0 Å². The first-order valence-electron chi connectivity index (χ1n) is 6.65. The Morgan fingerprint density at radius 1 is 1.22 bits per heavy atom. The van der Waals surface area contributed by atoms with Gasteiger partial charge in [-0.25, -0.2) is 0 Å². The Balaban J connectivity index is 2.67. The van der Waals surface area contributed by atoms with E-state index >= 15 is 0 Å². The first-order valence-corrected chi connectivity index (χ1v) is 6.65. The maximum Gasteiger partial charge on any atom is 0.242 e. The molecule has 0 radical (unpaired) electrons. The molecule has 0 aliphatic heterocycles. The van der Waals surface area contributed by atoms with Crippen LogP contribution in [0.2, 0.25) is 0 Å². The molecule has 1 rings (SSSR count). The second kappa shape index (κ2) is 7.04. The molecule has 1 atom stereocenters. The Bertz CT molecular complexity index is 364. The molecule has 100 valence electrons. The van der Waals surface area contributed by atoms with E-state index in [0.29, 0.717) is 12.6 Å². The second-order valence-corrected chi connectivity index (χ2v) is 4.61. The maximum atomic E-state index is 12.2. The Labute approximate surface area is 110 Å². The molecule has 1 aromatic rings. The van der Waals surface area contributed by atoms with Crippen molar-refractivity contribution in [3.8, 4) is 0 Å². The van der Waals surface area contributed by atoms with Crippen LogP contribution in [0.1, 0.15) is 27.2 Å². The highest BCUT2D eigenvalue weighted by Gasteiger charge is 2.17. The van der Waals surface area contributed by atoms with Crippen LogP contribution in [0.5, 0.6) is 0 Å². The van der Waals surface area contributed by atoms with Crippen LogP contribution in [-0.4, -0.2) is 37.0 Å². The smallest absolute Gasteiger partial charge is 0.242 e. The second-order valence-electron chi connectivity index (χ2n) is 4.61. The number of anilines is 1. The Hall–Kier alpha value is -1.51. The molecule has 0 aromatic heterocycles. The number of nitrogens with zero attached hydrogens (tertiary/aromatic N) is 2. The minimum absolute atomic E-state index is 0.176. The van der Waals surface area contributed by atoms with Gasteiger partial charge in [-0.15, -0.1) is 0 Å². The van der Waals surface area contributed by atoms with Gasteiger partial charge in [-0.1, -0.05) is 25.1 Å². The lowest BCUT2D eigenvalue weighted by Crippen LogP contribution is -2.42. The molecule has 0 saturated carbocycles. The number of carbonyl (C=O) groups is 1. The van der Waals surface area contributed by atoms with Crippen molar-refractivity contribution in [1.82, 2.24) is 4.90 Å². The summed E-state index contributed by atoms with van der Waals surface area (Å²) < 4.78 is 0. The summed E-state index contributed by atoms with van der Waals surface area (Å²) in [7, 11) is 1.88. The zero-order valence-electron chi connectivity index (χ0n) is 11.9. The predicted octanol–water partition coefficient (Wildman–Crippen LogP) is 2.77. The van der Waals surface area contributed by atoms with Gasteiger partial charge in [0.05, 0.1) is 6.54 Å². The van der Waals surface area contributed by atoms with Gasteiger partial charge in [0.15, 0.2) is 0 Å². The first-order chi connectivity index (χ1) is 8.60. The average molecular weight is 248 g/mol. The summed E-state index contributed by atoms with van der Waals surface area (Å²) in [6.45, 7) is 7.54. The average Bonchev–Trinajstić information content (AvgIpc) is 2.43. The van der Waals surface area contributed by atoms with E-state index in [1.54, 1.807) is 0 Å². The molecule has 0 aliphatic rings. The van der Waals surface area contributed by atoms with Crippen LogP contribution in [0.25, 0.3) is 0 Å². The van der Waals surface area contributed by atoms with Crippen molar-refractivity contribution < 1.29 is 4.79 Å². The minimum Gasteiger partial charge on any atom is -0.362 e. The predicted molar refractivity (Wildman–Crippen MR) is 76.9 cm³/mol. The Morgan fingerprint density at radius 3 is 2.33 bits per heavy atom. The monoisotopic (exact) mass is 248 g/mol. The molecule has 0 spiro atoms. The maximum absolute atomic E-state index is 12.2. The van der Waals surface area contributed by atoms with E-state index in [9.17, 15) is 4.79 Å². The third kappa shape index (κ3) is 3.76. The van der Waals surface area contributed by atoms with E-state index in [1.165, 1.54) is 0 Å². The van der Waals surface area contributed by atoms with Crippen LogP contribution in [-0.2, 0) is 4.79 Å². The zero-order chi connectivity index (χ0) is 13.5. The van der Waals surface area contributed by atoms with E-state index in [2.05, 4.69) is 25.7 Å². The highest BCUT2D eigenvalue weighted by atomic mass is 16.2. The van der Waals surface area contributed by atoms with Gasteiger partial charge in [0.25, 0.3) is 0 Å². The molecule has 1 unspecified atom stereocenters. The van der Waals surface area contributed by atoms with Crippen LogP contribution >= 0.6 is 0 Å². The summed E-state index contributed by atoms with van der Waals surface area (Å²) in [4.78, 5) is 16.1. The SMILES string of the molecule is CCC(C)N(C)C(=O)CN(CC)c1ccccc1. The van der Waals surface area contributed by atoms with Gasteiger partial charge in [0, 0.05) is 25.3 Å². The van der Waals surface area contributed by atoms with Gasteiger partial charge in [0.2, 0.25) is 5.91 Å². The van der Waals surface area contributed by atoms with Crippen molar-refractivity contribution in [2.75, 3.05) is 25.0 Å². The molecular weight excluding hydrogens is 224 g/mol. The summed E-state index contributed by atoms with van der Waals surface area (Å²) in [5.41, 5.74) is 1.10. The number of amides is 1. The van der Waals surface area contributed by atoms with Gasteiger partial charge in [0.1, 0.15) is 0 Å². The van der Waals surface area contributed by atoms with Crippen LogP contribution in [0.3, 0.4) is 0 Å². The Morgan fingerprint density at radius 2 is 1.83 bits per heavy atom. The highest BCUT2D eigenvalue weighted by Crippen LogP contribution is 2.13. The molecule has 0 aliphatic carbocycles. The number of carbonyl (C=O) groups excluding carboxylic acids is 1. The normalized spacial score (nSPS) is 12.0. The minimum atomic E-state index is 0.176. The fraction of sp³-hybridized carbons (Fsp3) is 0.533. The fourth-order valence-electron chi connectivity index (χ4n) is 1.82. The quantitative estimate of drug-likeness (QED) is 0.773. The molecule has 18 heavy (non-hydrogen) atoms. The summed E-state index contributed by atoms with van der Waals surface area (Å²) in [5, 5.41) is 0. The van der Waals surface area contributed by atoms with Gasteiger partial charge in [-0.2, -0.15) is 0 Å². The number of para-hydroxylation sites is 1. The standard InChI is InChI=1S/C15H24N2O/c1-5-13(3)16(4)15(18)12-17(6-2)14-10-8-7-9-11-14/h7-11,13H,5-6,12H2,1-4H3. The lowest BCUT2D eigenvalue weighted by atomic mass is 10.2. The van der Waals surface area contributed by atoms with E-state index in [0.717, 1.165) is 18.7 Å². The molecule has 3 heteroatoms. The van der Waals surface area contributed by atoms with Gasteiger partial charge >= 0.3 is 0 Å². The zero-order valence-corrected chi connectivity index (χ0v) is 11.9. The summed E-state index contributed by atoms with van der Waals surface area (Å²) >= 11 is 0. The Kier molecular flexibility index (Phi) is 5.69. The van der Waals surface area contributed by atoms with Gasteiger partial charge in [-0.3, -0.25) is 4.79 Å². The summed E-state index contributed by atoms with van der Waals surface area (Å²) in [6, 6.07) is 10.4. The molecule has 0 fully saturated rings. The lowest BCUT2D eigenvalue weighted by molar-refractivity contribution is -0.130. The number of hydrogen-bond acceptors (Lipinski definition) is 2. The third-order valence-electron chi connectivity index (χ3n) is 3.47. The topological polar surface area (TPSA) is 23.6 Å². The highest BCUT2D eigenvalue weighted by molar-refractivity contribution is 5.81. The fourth-order valence-corrected chi connectivity index (χ4v) is 1.82. The van der Waals surface area contributed by atoms with E-state index in [4.69, 9.17) is 0 Å². The molecule has 0 bridgehead atoms. The number of rotatable bonds is 6. The summed E-state index contributed by atoms with van der Waals surface area (Å²) in [5.74, 6) is 0.176. The molecule has 0 saturated heterocycles. The van der Waals surface area contributed by atoms with Crippen LogP contribution < -0.4 is 4.90 Å². The molecular formula is C15H24N2O. The molecule has 0 N–H and O–H groups in total. The molecule has 0 heterocycles. The molecule has 1 amide bonds. The molecule has 3 nitrogen and oxygen atoms in total. The third-order valence-corrected chi connectivity index (χ3v) is 3.47. The molecule has 1 aromatic carbocycles. The van der Waals surface area contributed by atoms with Gasteiger partial charge in [-0.05, 0) is 32.4 Å². The number of likely N-dealkylation sites (N-methyl/N-ethyl adjacent to an activating group) is 2. The van der Waals surface area contributed by atoms with E-state index in [-0.39, 0.29) is 5.91 Å². The lowest BCUT2D eigenvalue weighted by Gasteiger charge is -2.28. The van der Waals surface area contributed by atoms with Crippen LogP contribution in [0.15, 0.2) is 30.3 Å². The number of benzene rings is 1. The van der Waals surface area contributed by atoms with E-state index in [1.807, 2.05) is 42.3 Å². The van der Waals surface area contributed by atoms with Crippen molar-refractivity contribution >= 4 is 11.6 Å². The number of hydrogen-bond donors (Lipinski definition) is 0.